The molecule has 0 unspecified atom stereocenters. The molecule has 0 saturated carbocycles. The van der Waals surface area contributed by atoms with Crippen LogP contribution in [-0.4, -0.2) is 41.7 Å². The number of rotatable bonds is 2. The van der Waals surface area contributed by atoms with E-state index in [1.807, 2.05) is 5.51 Å². The Hall–Kier alpha value is -0.450. The maximum absolute atomic E-state index is 5.92. The van der Waals surface area contributed by atoms with Crippen LogP contribution in [0.4, 0.5) is 0 Å². The maximum atomic E-state index is 5.92. The third-order valence-corrected chi connectivity index (χ3v) is 4.53. The number of nitrogens with zero attached hydrogens (tertiary/aromatic N) is 2. The van der Waals surface area contributed by atoms with Crippen molar-refractivity contribution < 1.29 is 4.74 Å². The van der Waals surface area contributed by atoms with Gasteiger partial charge in [0, 0.05) is 30.3 Å². The molecule has 0 spiro atoms. The zero-order valence-electron chi connectivity index (χ0n) is 9.69. The topological polar surface area (TPSA) is 25.4 Å². The van der Waals surface area contributed by atoms with E-state index in [-0.39, 0.29) is 0 Å². The molecule has 1 fully saturated rings. The smallest absolute Gasteiger partial charge is 0.0797 e. The summed E-state index contributed by atoms with van der Waals surface area (Å²) < 4.78 is 5.92. The van der Waals surface area contributed by atoms with Gasteiger partial charge in [-0.2, -0.15) is 0 Å². The van der Waals surface area contributed by atoms with Crippen LogP contribution in [0.1, 0.15) is 23.9 Å². The van der Waals surface area contributed by atoms with E-state index in [0.717, 1.165) is 26.0 Å². The standard InChI is InChI=1S/C12H18N2OS/c1-2-3-14-4-5-15-11-7-12-9(6-10(11)14)13-8-16-12/h8,10-11H,2-7H2,1H3/t10-,11-/m0/s1. The van der Waals surface area contributed by atoms with Crippen LogP contribution in [0.25, 0.3) is 0 Å². The molecule has 1 saturated heterocycles. The van der Waals surface area contributed by atoms with Crippen molar-refractivity contribution in [3.63, 3.8) is 0 Å². The second-order valence-electron chi connectivity index (χ2n) is 4.64. The van der Waals surface area contributed by atoms with Crippen LogP contribution in [0.3, 0.4) is 0 Å². The van der Waals surface area contributed by atoms with Crippen molar-refractivity contribution in [2.45, 2.75) is 38.3 Å². The van der Waals surface area contributed by atoms with Crippen LogP contribution in [0.2, 0.25) is 0 Å². The Morgan fingerprint density at radius 3 is 3.38 bits per heavy atom. The first kappa shape index (κ1) is 10.7. The molecule has 0 aromatic carbocycles. The molecule has 88 valence electrons. The monoisotopic (exact) mass is 238 g/mol. The van der Waals surface area contributed by atoms with Crippen LogP contribution >= 0.6 is 11.3 Å². The summed E-state index contributed by atoms with van der Waals surface area (Å²) in [5.74, 6) is 0. The quantitative estimate of drug-likeness (QED) is 0.784. The van der Waals surface area contributed by atoms with Gasteiger partial charge in [0.2, 0.25) is 0 Å². The molecule has 3 rings (SSSR count). The summed E-state index contributed by atoms with van der Waals surface area (Å²) in [6.07, 6.45) is 3.80. The largest absolute Gasteiger partial charge is 0.375 e. The van der Waals surface area contributed by atoms with Crippen molar-refractivity contribution >= 4 is 11.3 Å². The lowest BCUT2D eigenvalue weighted by atomic mass is 9.92. The lowest BCUT2D eigenvalue weighted by Gasteiger charge is -2.43. The fourth-order valence-electron chi connectivity index (χ4n) is 2.86. The van der Waals surface area contributed by atoms with Crippen LogP contribution in [0, 0.1) is 0 Å². The molecule has 4 heteroatoms. The molecular formula is C12H18N2OS. The summed E-state index contributed by atoms with van der Waals surface area (Å²) in [5, 5.41) is 0. The SMILES string of the molecule is CCCN1CCO[C@H]2Cc3scnc3C[C@@H]21. The average Bonchev–Trinajstić information content (AvgIpc) is 2.74. The number of fused-ring (bicyclic) bond motifs is 2. The Kier molecular flexibility index (Phi) is 2.96. The molecule has 16 heavy (non-hydrogen) atoms. The Morgan fingerprint density at radius 1 is 1.56 bits per heavy atom. The van der Waals surface area contributed by atoms with E-state index in [1.165, 1.54) is 23.5 Å². The van der Waals surface area contributed by atoms with Crippen molar-refractivity contribution in [2.24, 2.45) is 0 Å². The van der Waals surface area contributed by atoms with Crippen molar-refractivity contribution in [3.05, 3.63) is 16.1 Å². The third-order valence-electron chi connectivity index (χ3n) is 3.63. The molecule has 3 nitrogen and oxygen atoms in total. The highest BCUT2D eigenvalue weighted by molar-refractivity contribution is 7.09. The average molecular weight is 238 g/mol. The second kappa shape index (κ2) is 4.43. The summed E-state index contributed by atoms with van der Waals surface area (Å²) in [5.41, 5.74) is 3.30. The first-order valence-electron chi connectivity index (χ1n) is 6.15. The number of thiazole rings is 1. The van der Waals surface area contributed by atoms with Crippen LogP contribution in [-0.2, 0) is 17.6 Å². The highest BCUT2D eigenvalue weighted by atomic mass is 32.1. The lowest BCUT2D eigenvalue weighted by molar-refractivity contribution is -0.0737. The zero-order valence-corrected chi connectivity index (χ0v) is 10.5. The minimum absolute atomic E-state index is 0.410. The number of hydrogen-bond acceptors (Lipinski definition) is 4. The van der Waals surface area contributed by atoms with Crippen LogP contribution in [0.15, 0.2) is 5.51 Å². The molecule has 1 aliphatic carbocycles. The molecule has 0 bridgehead atoms. The van der Waals surface area contributed by atoms with Gasteiger partial charge in [-0.15, -0.1) is 11.3 Å². The fraction of sp³-hybridized carbons (Fsp3) is 0.750. The molecule has 2 heterocycles. The Bertz CT molecular complexity index is 364. The van der Waals surface area contributed by atoms with Gasteiger partial charge >= 0.3 is 0 Å². The second-order valence-corrected chi connectivity index (χ2v) is 5.58. The van der Waals surface area contributed by atoms with E-state index in [9.17, 15) is 0 Å². The molecule has 1 aromatic heterocycles. The van der Waals surface area contributed by atoms with Crippen LogP contribution < -0.4 is 0 Å². The summed E-state index contributed by atoms with van der Waals surface area (Å²) in [6, 6.07) is 0.572. The Labute approximate surface area is 100 Å². The van der Waals surface area contributed by atoms with E-state index in [1.54, 1.807) is 11.3 Å². The normalized spacial score (nSPS) is 29.8. The molecule has 0 N–H and O–H groups in total. The minimum atomic E-state index is 0.410. The van der Waals surface area contributed by atoms with Gasteiger partial charge in [0.25, 0.3) is 0 Å². The first-order chi connectivity index (χ1) is 7.88. The van der Waals surface area contributed by atoms with Crippen molar-refractivity contribution in [2.75, 3.05) is 19.7 Å². The lowest BCUT2D eigenvalue weighted by Crippen LogP contribution is -2.54. The summed E-state index contributed by atoms with van der Waals surface area (Å²) >= 11 is 1.79. The van der Waals surface area contributed by atoms with Crippen LogP contribution in [0.5, 0.6) is 0 Å². The molecular weight excluding hydrogens is 220 g/mol. The highest BCUT2D eigenvalue weighted by Gasteiger charge is 2.37. The van der Waals surface area contributed by atoms with Gasteiger partial charge in [-0.3, -0.25) is 4.90 Å². The number of aromatic nitrogens is 1. The van der Waals surface area contributed by atoms with E-state index >= 15 is 0 Å². The number of morpholine rings is 1. The molecule has 1 aromatic rings. The number of ether oxygens (including phenoxy) is 1. The first-order valence-corrected chi connectivity index (χ1v) is 7.03. The van der Waals surface area contributed by atoms with Crippen molar-refractivity contribution in [3.8, 4) is 0 Å². The van der Waals surface area contributed by atoms with Gasteiger partial charge in [-0.05, 0) is 13.0 Å². The van der Waals surface area contributed by atoms with E-state index < -0.39 is 0 Å². The molecule has 2 aliphatic rings. The van der Waals surface area contributed by atoms with Crippen molar-refractivity contribution in [1.29, 1.82) is 0 Å². The minimum Gasteiger partial charge on any atom is -0.375 e. The fourth-order valence-corrected chi connectivity index (χ4v) is 3.70. The molecule has 2 atom stereocenters. The van der Waals surface area contributed by atoms with Gasteiger partial charge < -0.3 is 4.74 Å². The maximum Gasteiger partial charge on any atom is 0.0797 e. The summed E-state index contributed by atoms with van der Waals surface area (Å²) in [4.78, 5) is 8.52. The van der Waals surface area contributed by atoms with Crippen molar-refractivity contribution in [1.82, 2.24) is 9.88 Å². The Morgan fingerprint density at radius 2 is 2.50 bits per heavy atom. The molecule has 0 amide bonds. The van der Waals surface area contributed by atoms with Gasteiger partial charge in [0.15, 0.2) is 0 Å². The van der Waals surface area contributed by atoms with Gasteiger partial charge in [0.1, 0.15) is 0 Å². The molecule has 1 aliphatic heterocycles. The predicted molar refractivity (Wildman–Crippen MR) is 64.9 cm³/mol. The van der Waals surface area contributed by atoms with Gasteiger partial charge in [-0.1, -0.05) is 6.92 Å². The summed E-state index contributed by atoms with van der Waals surface area (Å²) in [6.45, 7) is 5.44. The van der Waals surface area contributed by atoms with Gasteiger partial charge in [0.05, 0.1) is 23.9 Å². The summed E-state index contributed by atoms with van der Waals surface area (Å²) in [7, 11) is 0. The predicted octanol–water partition coefficient (Wildman–Crippen LogP) is 1.72. The van der Waals surface area contributed by atoms with E-state index in [2.05, 4.69) is 16.8 Å². The molecule has 0 radical (unpaired) electrons. The number of hydrogen-bond donors (Lipinski definition) is 0. The van der Waals surface area contributed by atoms with Gasteiger partial charge in [-0.25, -0.2) is 4.98 Å². The third kappa shape index (κ3) is 1.79. The highest BCUT2D eigenvalue weighted by Crippen LogP contribution is 2.30. The Balaban J connectivity index is 1.81. The zero-order chi connectivity index (χ0) is 11.0. The van der Waals surface area contributed by atoms with E-state index in [4.69, 9.17) is 4.74 Å². The van der Waals surface area contributed by atoms with E-state index in [0.29, 0.717) is 12.1 Å².